The number of rotatable bonds is 5. The number of nitrogen functional groups attached to an aromatic ring is 1. The molecule has 1 aromatic heterocycles. The molecule has 0 atom stereocenters. The quantitative estimate of drug-likeness (QED) is 0.707. The first-order valence-electron chi connectivity index (χ1n) is 7.46. The molecule has 1 heterocycles. The van der Waals surface area contributed by atoms with Crippen LogP contribution in [0.25, 0.3) is 11.5 Å². The predicted molar refractivity (Wildman–Crippen MR) is 88.8 cm³/mol. The van der Waals surface area contributed by atoms with Gasteiger partial charge >= 0.3 is 0 Å². The van der Waals surface area contributed by atoms with Gasteiger partial charge in [-0.25, -0.2) is 9.37 Å². The van der Waals surface area contributed by atoms with E-state index in [0.717, 1.165) is 5.56 Å². The Balaban J connectivity index is 1.60. The number of benzene rings is 2. The van der Waals surface area contributed by atoms with Gasteiger partial charge in [0.15, 0.2) is 5.69 Å². The van der Waals surface area contributed by atoms with E-state index in [1.54, 1.807) is 42.5 Å². The fourth-order valence-electron chi connectivity index (χ4n) is 2.24. The predicted octanol–water partition coefficient (Wildman–Crippen LogP) is 3.04. The van der Waals surface area contributed by atoms with Gasteiger partial charge in [-0.1, -0.05) is 18.2 Å². The van der Waals surface area contributed by atoms with Gasteiger partial charge in [0.05, 0.1) is 0 Å². The highest BCUT2D eigenvalue weighted by molar-refractivity contribution is 5.92. The average molecular weight is 325 g/mol. The zero-order chi connectivity index (χ0) is 16.9. The first kappa shape index (κ1) is 15.7. The van der Waals surface area contributed by atoms with Crippen molar-refractivity contribution in [3.63, 3.8) is 0 Å². The normalized spacial score (nSPS) is 10.5. The molecule has 3 N–H and O–H groups in total. The highest BCUT2D eigenvalue weighted by atomic mass is 19.1. The Kier molecular flexibility index (Phi) is 4.56. The number of nitrogens with one attached hydrogen (secondary N) is 1. The lowest BCUT2D eigenvalue weighted by atomic mass is 10.1. The number of amides is 1. The summed E-state index contributed by atoms with van der Waals surface area (Å²) in [7, 11) is 0. The number of hydrogen-bond acceptors (Lipinski definition) is 4. The molecule has 0 aliphatic rings. The minimum atomic E-state index is -0.364. The number of nitrogens with two attached hydrogens (primary N) is 1. The molecule has 0 aliphatic heterocycles. The zero-order valence-corrected chi connectivity index (χ0v) is 12.8. The molecular formula is C18H16FN3O2. The number of hydrogen-bond donors (Lipinski definition) is 2. The standard InChI is InChI=1S/C18H16FN3O2/c19-15-4-2-1-3-12(15)9-10-21-17(23)16-11-24-18(22-16)13-5-7-14(20)8-6-13/h1-8,11H,9-10,20H2,(H,21,23). The Morgan fingerprint density at radius 3 is 2.67 bits per heavy atom. The van der Waals surface area contributed by atoms with Gasteiger partial charge in [0.1, 0.15) is 12.1 Å². The van der Waals surface area contributed by atoms with E-state index in [9.17, 15) is 9.18 Å². The SMILES string of the molecule is Nc1ccc(-c2nc(C(=O)NCCc3ccccc3F)co2)cc1. The summed E-state index contributed by atoms with van der Waals surface area (Å²) in [6.45, 7) is 0.309. The van der Waals surface area contributed by atoms with Crippen LogP contribution >= 0.6 is 0 Å². The van der Waals surface area contributed by atoms with Gasteiger partial charge in [-0.2, -0.15) is 0 Å². The van der Waals surface area contributed by atoms with E-state index >= 15 is 0 Å². The summed E-state index contributed by atoms with van der Waals surface area (Å²) in [5, 5.41) is 2.70. The van der Waals surface area contributed by atoms with Crippen molar-refractivity contribution in [1.29, 1.82) is 0 Å². The summed E-state index contributed by atoms with van der Waals surface area (Å²) in [6, 6.07) is 13.5. The second-order valence-electron chi connectivity index (χ2n) is 5.26. The van der Waals surface area contributed by atoms with Crippen molar-refractivity contribution >= 4 is 11.6 Å². The van der Waals surface area contributed by atoms with Crippen LogP contribution in [-0.2, 0) is 6.42 Å². The maximum Gasteiger partial charge on any atom is 0.273 e. The Hall–Kier alpha value is -3.15. The molecule has 24 heavy (non-hydrogen) atoms. The number of oxazole rings is 1. The molecule has 6 heteroatoms. The molecule has 0 spiro atoms. The molecule has 2 aromatic carbocycles. The topological polar surface area (TPSA) is 81.1 Å². The third-order valence-corrected chi connectivity index (χ3v) is 3.53. The fraction of sp³-hybridized carbons (Fsp3) is 0.111. The zero-order valence-electron chi connectivity index (χ0n) is 12.8. The Morgan fingerprint density at radius 2 is 1.92 bits per heavy atom. The molecule has 1 amide bonds. The number of nitrogens with zero attached hydrogens (tertiary/aromatic N) is 1. The molecule has 122 valence electrons. The molecule has 0 aliphatic carbocycles. The molecule has 0 saturated heterocycles. The van der Waals surface area contributed by atoms with Gasteiger partial charge in [-0.3, -0.25) is 4.79 Å². The monoisotopic (exact) mass is 325 g/mol. The van der Waals surface area contributed by atoms with Gasteiger partial charge in [-0.15, -0.1) is 0 Å². The van der Waals surface area contributed by atoms with Gasteiger partial charge < -0.3 is 15.5 Å². The first-order chi connectivity index (χ1) is 11.6. The van der Waals surface area contributed by atoms with E-state index in [-0.39, 0.29) is 17.4 Å². The van der Waals surface area contributed by atoms with Crippen LogP contribution in [0.3, 0.4) is 0 Å². The van der Waals surface area contributed by atoms with Crippen LogP contribution in [0.2, 0.25) is 0 Å². The molecule has 0 saturated carbocycles. The smallest absolute Gasteiger partial charge is 0.273 e. The molecular weight excluding hydrogens is 309 g/mol. The van der Waals surface area contributed by atoms with Gasteiger partial charge in [-0.05, 0) is 42.3 Å². The van der Waals surface area contributed by atoms with Crippen molar-refractivity contribution in [3.8, 4) is 11.5 Å². The summed E-state index contributed by atoms with van der Waals surface area (Å²) in [5.41, 5.74) is 7.73. The van der Waals surface area contributed by atoms with Crippen LogP contribution in [0.5, 0.6) is 0 Å². The van der Waals surface area contributed by atoms with Crippen molar-refractivity contribution in [3.05, 3.63) is 71.9 Å². The van der Waals surface area contributed by atoms with Gasteiger partial charge in [0.25, 0.3) is 5.91 Å². The molecule has 0 radical (unpaired) electrons. The number of aromatic nitrogens is 1. The molecule has 3 aromatic rings. The second kappa shape index (κ2) is 6.95. The summed E-state index contributed by atoms with van der Waals surface area (Å²) >= 11 is 0. The van der Waals surface area contributed by atoms with Crippen LogP contribution < -0.4 is 11.1 Å². The minimum Gasteiger partial charge on any atom is -0.444 e. The van der Waals surface area contributed by atoms with Gasteiger partial charge in [0, 0.05) is 17.8 Å². The van der Waals surface area contributed by atoms with E-state index in [1.807, 2.05) is 0 Å². The van der Waals surface area contributed by atoms with Crippen LogP contribution in [0.15, 0.2) is 59.2 Å². The van der Waals surface area contributed by atoms with Crippen LogP contribution in [0.4, 0.5) is 10.1 Å². The van der Waals surface area contributed by atoms with Gasteiger partial charge in [0.2, 0.25) is 5.89 Å². The third-order valence-electron chi connectivity index (χ3n) is 3.53. The van der Waals surface area contributed by atoms with Crippen molar-refractivity contribution in [2.24, 2.45) is 0 Å². The minimum absolute atomic E-state index is 0.176. The number of anilines is 1. The maximum absolute atomic E-state index is 13.5. The molecule has 0 bridgehead atoms. The van der Waals surface area contributed by atoms with Crippen molar-refractivity contribution < 1.29 is 13.6 Å². The summed E-state index contributed by atoms with van der Waals surface area (Å²) in [4.78, 5) is 16.2. The number of carbonyl (C=O) groups is 1. The largest absolute Gasteiger partial charge is 0.444 e. The highest BCUT2D eigenvalue weighted by Crippen LogP contribution is 2.19. The van der Waals surface area contributed by atoms with E-state index in [4.69, 9.17) is 10.2 Å². The second-order valence-corrected chi connectivity index (χ2v) is 5.26. The summed E-state index contributed by atoms with van der Waals surface area (Å²) in [5.74, 6) is -0.301. The lowest BCUT2D eigenvalue weighted by Gasteiger charge is -2.04. The van der Waals surface area contributed by atoms with Crippen molar-refractivity contribution in [2.45, 2.75) is 6.42 Å². The lowest BCUT2D eigenvalue weighted by Crippen LogP contribution is -2.26. The van der Waals surface area contributed by atoms with Crippen molar-refractivity contribution in [1.82, 2.24) is 10.3 Å². The molecule has 0 fully saturated rings. The van der Waals surface area contributed by atoms with Crippen LogP contribution in [0.1, 0.15) is 16.1 Å². The Labute approximate surface area is 138 Å². The van der Waals surface area contributed by atoms with Crippen molar-refractivity contribution in [2.75, 3.05) is 12.3 Å². The maximum atomic E-state index is 13.5. The lowest BCUT2D eigenvalue weighted by molar-refractivity contribution is 0.0949. The van der Waals surface area contributed by atoms with Crippen LogP contribution in [-0.4, -0.2) is 17.4 Å². The van der Waals surface area contributed by atoms with Crippen LogP contribution in [0, 0.1) is 5.82 Å². The first-order valence-corrected chi connectivity index (χ1v) is 7.46. The molecule has 3 rings (SSSR count). The molecule has 0 unspecified atom stereocenters. The average Bonchev–Trinajstić information content (AvgIpc) is 3.07. The van der Waals surface area contributed by atoms with E-state index < -0.39 is 0 Å². The summed E-state index contributed by atoms with van der Waals surface area (Å²) in [6.07, 6.45) is 1.70. The third kappa shape index (κ3) is 3.60. The van der Waals surface area contributed by atoms with E-state index in [2.05, 4.69) is 10.3 Å². The number of carbonyl (C=O) groups excluding carboxylic acids is 1. The highest BCUT2D eigenvalue weighted by Gasteiger charge is 2.13. The Morgan fingerprint density at radius 1 is 1.17 bits per heavy atom. The fourth-order valence-corrected chi connectivity index (χ4v) is 2.24. The van der Waals surface area contributed by atoms with E-state index in [1.165, 1.54) is 12.3 Å². The molecule has 5 nitrogen and oxygen atoms in total. The number of halogens is 1. The van der Waals surface area contributed by atoms with E-state index in [0.29, 0.717) is 30.1 Å². The Bertz CT molecular complexity index is 843. The summed E-state index contributed by atoms with van der Waals surface area (Å²) < 4.78 is 18.8.